The van der Waals surface area contributed by atoms with Gasteiger partial charge >= 0.3 is 5.97 Å². The standard InChI is InChI=1S/C18H20O3/c1-13-4-3-5-15(12-13)17(18(19)20)11-8-14-6-9-16(21-2)10-7-14/h3-7,9-10,12,17H,8,11H2,1-2H3,(H,19,20). The van der Waals surface area contributed by atoms with Gasteiger partial charge in [0.2, 0.25) is 0 Å². The Kier molecular flexibility index (Phi) is 4.99. The molecule has 2 aromatic rings. The van der Waals surface area contributed by atoms with E-state index < -0.39 is 11.9 Å². The quantitative estimate of drug-likeness (QED) is 0.877. The molecule has 21 heavy (non-hydrogen) atoms. The zero-order valence-electron chi connectivity index (χ0n) is 12.4. The monoisotopic (exact) mass is 284 g/mol. The Morgan fingerprint density at radius 2 is 1.90 bits per heavy atom. The van der Waals surface area contributed by atoms with Crippen molar-refractivity contribution in [1.29, 1.82) is 0 Å². The smallest absolute Gasteiger partial charge is 0.310 e. The third-order valence-corrected chi connectivity index (χ3v) is 3.62. The number of methoxy groups -OCH3 is 1. The molecule has 1 atom stereocenters. The van der Waals surface area contributed by atoms with Crippen molar-refractivity contribution in [2.75, 3.05) is 7.11 Å². The van der Waals surface area contributed by atoms with Gasteiger partial charge in [0, 0.05) is 0 Å². The second-order valence-electron chi connectivity index (χ2n) is 5.19. The largest absolute Gasteiger partial charge is 0.497 e. The maximum atomic E-state index is 11.5. The Morgan fingerprint density at radius 1 is 1.19 bits per heavy atom. The summed E-state index contributed by atoms with van der Waals surface area (Å²) < 4.78 is 5.12. The third kappa shape index (κ3) is 4.09. The van der Waals surface area contributed by atoms with Crippen LogP contribution < -0.4 is 4.74 Å². The Balaban J connectivity index is 2.08. The molecule has 0 fully saturated rings. The summed E-state index contributed by atoms with van der Waals surface area (Å²) in [4.78, 5) is 11.5. The molecule has 2 rings (SSSR count). The van der Waals surface area contributed by atoms with Crippen LogP contribution in [0.3, 0.4) is 0 Å². The van der Waals surface area contributed by atoms with E-state index in [-0.39, 0.29) is 0 Å². The van der Waals surface area contributed by atoms with Crippen molar-refractivity contribution < 1.29 is 14.6 Å². The predicted octanol–water partition coefficient (Wildman–Crippen LogP) is 3.80. The van der Waals surface area contributed by atoms with Gasteiger partial charge in [-0.2, -0.15) is 0 Å². The lowest BCUT2D eigenvalue weighted by Gasteiger charge is -2.13. The average molecular weight is 284 g/mol. The van der Waals surface area contributed by atoms with Gasteiger partial charge in [0.25, 0.3) is 0 Å². The Hall–Kier alpha value is -2.29. The van der Waals surface area contributed by atoms with Crippen molar-refractivity contribution in [3.8, 4) is 5.75 Å². The van der Waals surface area contributed by atoms with E-state index in [9.17, 15) is 9.90 Å². The number of aliphatic carboxylic acids is 1. The van der Waals surface area contributed by atoms with E-state index in [4.69, 9.17) is 4.74 Å². The molecule has 0 heterocycles. The molecule has 0 radical (unpaired) electrons. The maximum absolute atomic E-state index is 11.5. The molecule has 0 aliphatic heterocycles. The summed E-state index contributed by atoms with van der Waals surface area (Å²) in [6.45, 7) is 1.98. The molecule has 0 aliphatic carbocycles. The SMILES string of the molecule is COc1ccc(CCC(C(=O)O)c2cccc(C)c2)cc1. The third-order valence-electron chi connectivity index (χ3n) is 3.62. The van der Waals surface area contributed by atoms with Crippen molar-refractivity contribution in [1.82, 2.24) is 0 Å². The number of carboxylic acids is 1. The van der Waals surface area contributed by atoms with Crippen molar-refractivity contribution in [3.05, 3.63) is 65.2 Å². The predicted molar refractivity (Wildman–Crippen MR) is 82.9 cm³/mol. The average Bonchev–Trinajstić information content (AvgIpc) is 2.48. The van der Waals surface area contributed by atoms with Crippen LogP contribution in [0.4, 0.5) is 0 Å². The number of carboxylic acid groups (broad SMARTS) is 1. The normalized spacial score (nSPS) is 11.9. The zero-order valence-corrected chi connectivity index (χ0v) is 12.4. The van der Waals surface area contributed by atoms with Gasteiger partial charge < -0.3 is 9.84 Å². The lowest BCUT2D eigenvalue weighted by molar-refractivity contribution is -0.138. The minimum absolute atomic E-state index is 0.466. The van der Waals surface area contributed by atoms with Crippen LogP contribution >= 0.6 is 0 Å². The van der Waals surface area contributed by atoms with Crippen LogP contribution in [0.2, 0.25) is 0 Å². The van der Waals surface area contributed by atoms with E-state index >= 15 is 0 Å². The highest BCUT2D eigenvalue weighted by Crippen LogP contribution is 2.23. The maximum Gasteiger partial charge on any atom is 0.310 e. The highest BCUT2D eigenvalue weighted by molar-refractivity contribution is 5.76. The summed E-state index contributed by atoms with van der Waals surface area (Å²) in [5, 5.41) is 9.46. The Morgan fingerprint density at radius 3 is 2.48 bits per heavy atom. The number of hydrogen-bond donors (Lipinski definition) is 1. The van der Waals surface area contributed by atoms with E-state index in [0.29, 0.717) is 6.42 Å². The molecule has 3 heteroatoms. The molecule has 0 saturated heterocycles. The molecule has 110 valence electrons. The van der Waals surface area contributed by atoms with E-state index in [1.165, 1.54) is 0 Å². The molecule has 3 nitrogen and oxygen atoms in total. The summed E-state index contributed by atoms with van der Waals surface area (Å²) in [5.41, 5.74) is 3.08. The fourth-order valence-corrected chi connectivity index (χ4v) is 2.42. The van der Waals surface area contributed by atoms with Crippen LogP contribution in [0.1, 0.15) is 29.0 Å². The Labute approximate surface area is 125 Å². The first-order valence-corrected chi connectivity index (χ1v) is 7.02. The molecule has 1 N–H and O–H groups in total. The highest BCUT2D eigenvalue weighted by Gasteiger charge is 2.19. The Bertz CT molecular complexity index is 602. The van der Waals surface area contributed by atoms with Gasteiger partial charge in [0.05, 0.1) is 13.0 Å². The van der Waals surface area contributed by atoms with Crippen molar-refractivity contribution in [2.24, 2.45) is 0 Å². The minimum Gasteiger partial charge on any atom is -0.497 e. The van der Waals surface area contributed by atoms with Gasteiger partial charge in [0.15, 0.2) is 0 Å². The summed E-state index contributed by atoms with van der Waals surface area (Å²) in [7, 11) is 1.63. The van der Waals surface area contributed by atoms with Crippen molar-refractivity contribution in [2.45, 2.75) is 25.7 Å². The van der Waals surface area contributed by atoms with E-state index in [1.807, 2.05) is 55.5 Å². The molecule has 0 aromatic heterocycles. The van der Waals surface area contributed by atoms with E-state index in [1.54, 1.807) is 7.11 Å². The fourth-order valence-electron chi connectivity index (χ4n) is 2.42. The van der Waals surface area contributed by atoms with Crippen LogP contribution in [0.15, 0.2) is 48.5 Å². The minimum atomic E-state index is -0.769. The van der Waals surface area contributed by atoms with Gasteiger partial charge in [-0.3, -0.25) is 4.79 Å². The molecule has 2 aromatic carbocycles. The number of hydrogen-bond acceptors (Lipinski definition) is 2. The van der Waals surface area contributed by atoms with E-state index in [0.717, 1.165) is 28.9 Å². The van der Waals surface area contributed by atoms with Crippen LogP contribution in [-0.4, -0.2) is 18.2 Å². The lowest BCUT2D eigenvalue weighted by atomic mass is 9.91. The molecule has 0 spiro atoms. The first-order chi connectivity index (χ1) is 10.1. The summed E-state index contributed by atoms with van der Waals surface area (Å²) in [6.07, 6.45) is 1.32. The van der Waals surface area contributed by atoms with Crippen LogP contribution in [0.5, 0.6) is 5.75 Å². The molecule has 0 amide bonds. The first kappa shape index (κ1) is 15.1. The molecular weight excluding hydrogens is 264 g/mol. The van der Waals surface area contributed by atoms with Gasteiger partial charge in [-0.25, -0.2) is 0 Å². The molecule has 1 unspecified atom stereocenters. The number of rotatable bonds is 6. The number of ether oxygens (including phenoxy) is 1. The van der Waals surface area contributed by atoms with Gasteiger partial charge in [-0.05, 0) is 43.0 Å². The highest BCUT2D eigenvalue weighted by atomic mass is 16.5. The second kappa shape index (κ2) is 6.93. The molecule has 0 saturated carbocycles. The lowest BCUT2D eigenvalue weighted by Crippen LogP contribution is -2.12. The second-order valence-corrected chi connectivity index (χ2v) is 5.19. The summed E-state index contributed by atoms with van der Waals surface area (Å²) >= 11 is 0. The topological polar surface area (TPSA) is 46.5 Å². The number of benzene rings is 2. The van der Waals surface area contributed by atoms with Gasteiger partial charge in [0.1, 0.15) is 5.75 Å². The number of carbonyl (C=O) groups is 1. The van der Waals surface area contributed by atoms with E-state index in [2.05, 4.69) is 0 Å². The molecule has 0 aliphatic rings. The van der Waals surface area contributed by atoms with Gasteiger partial charge in [-0.1, -0.05) is 42.0 Å². The summed E-state index contributed by atoms with van der Waals surface area (Å²) in [6, 6.07) is 15.5. The first-order valence-electron chi connectivity index (χ1n) is 7.02. The molecule has 0 bridgehead atoms. The number of aryl methyl sites for hydroxylation is 2. The van der Waals surface area contributed by atoms with Crippen molar-refractivity contribution >= 4 is 5.97 Å². The zero-order chi connectivity index (χ0) is 15.2. The van der Waals surface area contributed by atoms with Crippen LogP contribution in [-0.2, 0) is 11.2 Å². The van der Waals surface area contributed by atoms with Gasteiger partial charge in [-0.15, -0.1) is 0 Å². The van der Waals surface area contributed by atoms with Crippen LogP contribution in [0.25, 0.3) is 0 Å². The molecular formula is C18H20O3. The van der Waals surface area contributed by atoms with Crippen molar-refractivity contribution in [3.63, 3.8) is 0 Å². The summed E-state index contributed by atoms with van der Waals surface area (Å²) in [5.74, 6) is -0.423. The fraction of sp³-hybridized carbons (Fsp3) is 0.278. The van der Waals surface area contributed by atoms with Crippen LogP contribution in [0, 0.1) is 6.92 Å².